The van der Waals surface area contributed by atoms with Crippen molar-refractivity contribution in [2.75, 3.05) is 12.2 Å². The van der Waals surface area contributed by atoms with Gasteiger partial charge in [-0.3, -0.25) is 4.79 Å². The Morgan fingerprint density at radius 2 is 2.25 bits per heavy atom. The van der Waals surface area contributed by atoms with Gasteiger partial charge in [0.25, 0.3) is 11.9 Å². The van der Waals surface area contributed by atoms with E-state index in [1.807, 2.05) is 0 Å². The van der Waals surface area contributed by atoms with Crippen molar-refractivity contribution >= 4 is 17.6 Å². The summed E-state index contributed by atoms with van der Waals surface area (Å²) in [4.78, 5) is 24.3. The van der Waals surface area contributed by atoms with E-state index in [4.69, 9.17) is 10.5 Å². The van der Waals surface area contributed by atoms with E-state index in [0.29, 0.717) is 11.3 Å². The second kappa shape index (κ2) is 6.70. The summed E-state index contributed by atoms with van der Waals surface area (Å²) in [6.07, 6.45) is 2.96. The van der Waals surface area contributed by atoms with Crippen LogP contribution in [0.1, 0.15) is 29.4 Å². The molecule has 1 aromatic carbocycles. The monoisotopic (exact) mass is 389 g/mol. The maximum absolute atomic E-state index is 14.6. The van der Waals surface area contributed by atoms with Crippen LogP contribution in [0.3, 0.4) is 0 Å². The van der Waals surface area contributed by atoms with Crippen molar-refractivity contribution in [2.24, 2.45) is 16.6 Å². The molecule has 8 nitrogen and oxygen atoms in total. The summed E-state index contributed by atoms with van der Waals surface area (Å²) >= 11 is 0. The number of fused-ring (bicyclic) bond motifs is 1. The van der Waals surface area contributed by atoms with Gasteiger partial charge in [-0.05, 0) is 31.5 Å². The lowest BCUT2D eigenvalue weighted by Crippen LogP contribution is -2.35. The minimum atomic E-state index is -1.04. The van der Waals surface area contributed by atoms with Gasteiger partial charge in [-0.2, -0.15) is 0 Å². The molecule has 2 aliphatic rings. The fourth-order valence-electron chi connectivity index (χ4n) is 3.40. The molecule has 1 aliphatic heterocycles. The first-order chi connectivity index (χ1) is 13.4. The van der Waals surface area contributed by atoms with Gasteiger partial charge in [0.2, 0.25) is 12.7 Å². The second-order valence-corrected chi connectivity index (χ2v) is 6.74. The highest BCUT2D eigenvalue weighted by Gasteiger charge is 2.57. The first-order valence-corrected chi connectivity index (χ1v) is 8.55. The van der Waals surface area contributed by atoms with Crippen molar-refractivity contribution < 1.29 is 23.0 Å². The molecule has 4 rings (SSSR count). The molecule has 3 atom stereocenters. The molecule has 0 bridgehead atoms. The van der Waals surface area contributed by atoms with Crippen molar-refractivity contribution in [2.45, 2.75) is 25.0 Å². The summed E-state index contributed by atoms with van der Waals surface area (Å²) in [6.45, 7) is 0.753. The fraction of sp³-hybridized carbons (Fsp3) is 0.333. The van der Waals surface area contributed by atoms with E-state index in [1.54, 1.807) is 6.92 Å². The Kier molecular flexibility index (Phi) is 4.33. The van der Waals surface area contributed by atoms with Crippen LogP contribution in [0, 0.1) is 11.7 Å². The maximum atomic E-state index is 14.6. The zero-order valence-electron chi connectivity index (χ0n) is 14.9. The second-order valence-electron chi connectivity index (χ2n) is 6.74. The molecule has 146 valence electrons. The number of amides is 1. The summed E-state index contributed by atoms with van der Waals surface area (Å²) in [6, 6.07) is 4.25. The van der Waals surface area contributed by atoms with Gasteiger partial charge in [0, 0.05) is 17.2 Å². The van der Waals surface area contributed by atoms with E-state index in [1.165, 1.54) is 18.2 Å². The van der Waals surface area contributed by atoms with E-state index in [9.17, 15) is 13.6 Å². The lowest BCUT2D eigenvalue weighted by molar-refractivity contribution is 0.102. The Morgan fingerprint density at radius 1 is 1.43 bits per heavy atom. The molecule has 0 unspecified atom stereocenters. The lowest BCUT2D eigenvalue weighted by atomic mass is 9.86. The number of alkyl halides is 1. The predicted molar refractivity (Wildman–Crippen MR) is 94.9 cm³/mol. The Hall–Kier alpha value is -3.30. The zero-order chi connectivity index (χ0) is 19.9. The third kappa shape index (κ3) is 3.21. The third-order valence-corrected chi connectivity index (χ3v) is 4.90. The minimum Gasteiger partial charge on any atom is -0.462 e. The molecule has 0 saturated heterocycles. The van der Waals surface area contributed by atoms with Crippen molar-refractivity contribution in [3.63, 3.8) is 0 Å². The van der Waals surface area contributed by atoms with E-state index >= 15 is 0 Å². The number of amidine groups is 1. The largest absolute Gasteiger partial charge is 0.462 e. The molecule has 0 radical (unpaired) electrons. The van der Waals surface area contributed by atoms with Crippen LogP contribution in [0.5, 0.6) is 5.88 Å². The van der Waals surface area contributed by atoms with Crippen molar-refractivity contribution in [3.05, 3.63) is 47.7 Å². The Labute approximate surface area is 158 Å². The van der Waals surface area contributed by atoms with Crippen LogP contribution in [0.2, 0.25) is 0 Å². The third-order valence-electron chi connectivity index (χ3n) is 4.90. The highest BCUT2D eigenvalue weighted by Crippen LogP contribution is 2.53. The van der Waals surface area contributed by atoms with Gasteiger partial charge in [0.15, 0.2) is 0 Å². The molecule has 1 amide bonds. The molecule has 1 aliphatic carbocycles. The van der Waals surface area contributed by atoms with Gasteiger partial charge in [-0.15, -0.1) is 0 Å². The van der Waals surface area contributed by atoms with E-state index in [-0.39, 0.29) is 29.6 Å². The zero-order valence-corrected chi connectivity index (χ0v) is 14.9. The van der Waals surface area contributed by atoms with Crippen LogP contribution in [0.25, 0.3) is 0 Å². The average molecular weight is 389 g/mol. The summed E-state index contributed by atoms with van der Waals surface area (Å²) in [5.74, 6) is -1.02. The number of hydrogen-bond donors (Lipinski definition) is 2. The van der Waals surface area contributed by atoms with Gasteiger partial charge in [0.05, 0.1) is 17.9 Å². The number of carbonyl (C=O) groups is 1. The number of ether oxygens (including phenoxy) is 2. The Bertz CT molecular complexity index is 953. The summed E-state index contributed by atoms with van der Waals surface area (Å²) in [5.41, 5.74) is 5.54. The lowest BCUT2D eigenvalue weighted by Gasteiger charge is -2.30. The van der Waals surface area contributed by atoms with Gasteiger partial charge in [0.1, 0.15) is 17.6 Å². The minimum absolute atomic E-state index is 0.00103. The SMILES string of the molecule is C[C@]1(c2cc(NC(=O)c3cnc(OCF)cn3)ccc2F)N=C(N)O[C@@H]2C[C@@H]21. The maximum Gasteiger partial charge on any atom is 0.283 e. The quantitative estimate of drug-likeness (QED) is 0.810. The highest BCUT2D eigenvalue weighted by atomic mass is 19.1. The van der Waals surface area contributed by atoms with Gasteiger partial charge < -0.3 is 20.5 Å². The normalized spacial score (nSPS) is 25.2. The number of aromatic nitrogens is 2. The molecule has 3 N–H and O–H groups in total. The van der Waals surface area contributed by atoms with Crippen LogP contribution in [0.4, 0.5) is 14.5 Å². The molecule has 0 spiro atoms. The van der Waals surface area contributed by atoms with Gasteiger partial charge in [-0.25, -0.2) is 23.7 Å². The number of nitrogens with zero attached hydrogens (tertiary/aromatic N) is 3. The van der Waals surface area contributed by atoms with E-state index < -0.39 is 24.1 Å². The standard InChI is InChI=1S/C18H17F2N5O3/c1-18(11-5-14(11)28-17(21)25-18)10-4-9(2-3-12(10)20)24-16(26)13-6-23-15(7-22-13)27-8-19/h2-4,6-7,11,14H,5,8H2,1H3,(H2,21,25)(H,24,26)/t11-,14+,18+/m0/s1. The molecular formula is C18H17F2N5O3. The summed E-state index contributed by atoms with van der Waals surface area (Å²) < 4.78 is 36.6. The van der Waals surface area contributed by atoms with Gasteiger partial charge in [-0.1, -0.05) is 0 Å². The molecule has 1 fully saturated rings. The van der Waals surface area contributed by atoms with Crippen LogP contribution in [-0.2, 0) is 10.3 Å². The smallest absolute Gasteiger partial charge is 0.283 e. The Balaban J connectivity index is 1.57. The molecule has 2 aromatic rings. The molecule has 28 heavy (non-hydrogen) atoms. The molecular weight excluding hydrogens is 372 g/mol. The van der Waals surface area contributed by atoms with Crippen LogP contribution in [0.15, 0.2) is 35.6 Å². The number of halogens is 2. The van der Waals surface area contributed by atoms with Crippen LogP contribution in [-0.4, -0.2) is 34.9 Å². The number of anilines is 1. The summed E-state index contributed by atoms with van der Waals surface area (Å²) in [7, 11) is 0. The number of nitrogens with one attached hydrogen (secondary N) is 1. The summed E-state index contributed by atoms with van der Waals surface area (Å²) in [5, 5.41) is 2.64. The molecule has 1 aromatic heterocycles. The predicted octanol–water partition coefficient (Wildman–Crippen LogP) is 2.12. The number of carbonyl (C=O) groups excluding carboxylic acids is 1. The fourth-order valence-corrected chi connectivity index (χ4v) is 3.40. The molecule has 10 heteroatoms. The first kappa shape index (κ1) is 18.1. The molecule has 2 heterocycles. The van der Waals surface area contributed by atoms with E-state index in [2.05, 4.69) is 25.0 Å². The topological polar surface area (TPSA) is 112 Å². The number of nitrogens with two attached hydrogens (primary N) is 1. The van der Waals surface area contributed by atoms with Crippen LogP contribution < -0.4 is 15.8 Å². The number of rotatable bonds is 5. The molecule has 1 saturated carbocycles. The van der Waals surface area contributed by atoms with Crippen molar-refractivity contribution in [1.29, 1.82) is 0 Å². The van der Waals surface area contributed by atoms with E-state index in [0.717, 1.165) is 18.8 Å². The number of hydrogen-bond acceptors (Lipinski definition) is 7. The van der Waals surface area contributed by atoms with Crippen molar-refractivity contribution in [1.82, 2.24) is 9.97 Å². The van der Waals surface area contributed by atoms with Gasteiger partial charge >= 0.3 is 0 Å². The highest BCUT2D eigenvalue weighted by molar-refractivity contribution is 6.02. The Morgan fingerprint density at radius 3 is 2.96 bits per heavy atom. The first-order valence-electron chi connectivity index (χ1n) is 8.55. The average Bonchev–Trinajstić information content (AvgIpc) is 3.44. The van der Waals surface area contributed by atoms with Crippen molar-refractivity contribution in [3.8, 4) is 5.88 Å². The number of benzene rings is 1. The number of aliphatic imine (C=N–C) groups is 1. The van der Waals surface area contributed by atoms with Crippen LogP contribution >= 0.6 is 0 Å².